The van der Waals surface area contributed by atoms with E-state index in [2.05, 4.69) is 4.74 Å². The van der Waals surface area contributed by atoms with Gasteiger partial charge in [0.05, 0.1) is 20.6 Å². The third-order valence-electron chi connectivity index (χ3n) is 2.29. The summed E-state index contributed by atoms with van der Waals surface area (Å²) in [7, 11) is 2.76. The molecule has 1 rings (SSSR count). The van der Waals surface area contributed by atoms with Gasteiger partial charge in [-0.15, -0.1) is 0 Å². The van der Waals surface area contributed by atoms with Crippen molar-refractivity contribution in [1.82, 2.24) is 0 Å². The molecule has 0 aromatic heterocycles. The number of carbonyl (C=O) groups is 2. The predicted molar refractivity (Wildman–Crippen MR) is 65.2 cm³/mol. The second kappa shape index (κ2) is 6.44. The average Bonchev–Trinajstić information content (AvgIpc) is 2.38. The van der Waals surface area contributed by atoms with Crippen LogP contribution in [0.3, 0.4) is 0 Å². The number of hydrogen-bond donors (Lipinski definition) is 1. The van der Waals surface area contributed by atoms with Crippen molar-refractivity contribution in [3.63, 3.8) is 0 Å². The van der Waals surface area contributed by atoms with Gasteiger partial charge in [-0.05, 0) is 23.8 Å². The van der Waals surface area contributed by atoms with Crippen molar-refractivity contribution in [3.05, 3.63) is 35.4 Å². The van der Waals surface area contributed by atoms with Crippen molar-refractivity contribution in [2.75, 3.05) is 14.2 Å². The third-order valence-corrected chi connectivity index (χ3v) is 2.29. The van der Waals surface area contributed by atoms with E-state index in [0.29, 0.717) is 11.3 Å². The maximum atomic E-state index is 11.1. The first kappa shape index (κ1) is 13.8. The molecule has 0 atom stereocenters. The minimum absolute atomic E-state index is 0.0213. The molecule has 0 radical (unpaired) electrons. The SMILES string of the molecule is COC(=O)CC(=Cc1ccc(OC)cc1)C(=O)O. The molecule has 0 fully saturated rings. The lowest BCUT2D eigenvalue weighted by Gasteiger charge is -2.03. The van der Waals surface area contributed by atoms with Gasteiger partial charge >= 0.3 is 11.9 Å². The van der Waals surface area contributed by atoms with E-state index in [9.17, 15) is 9.59 Å². The molecule has 5 heteroatoms. The van der Waals surface area contributed by atoms with Crippen LogP contribution in [0.25, 0.3) is 6.08 Å². The van der Waals surface area contributed by atoms with Crippen molar-refractivity contribution in [1.29, 1.82) is 0 Å². The highest BCUT2D eigenvalue weighted by Crippen LogP contribution is 2.15. The zero-order chi connectivity index (χ0) is 13.5. The Kier molecular flexibility index (Phi) is 4.92. The summed E-state index contributed by atoms with van der Waals surface area (Å²) >= 11 is 0. The summed E-state index contributed by atoms with van der Waals surface area (Å²) < 4.78 is 9.43. The number of methoxy groups -OCH3 is 2. The van der Waals surface area contributed by atoms with Gasteiger partial charge in [-0.3, -0.25) is 4.79 Å². The first-order chi connectivity index (χ1) is 8.56. The Morgan fingerprint density at radius 1 is 1.22 bits per heavy atom. The van der Waals surface area contributed by atoms with E-state index in [1.807, 2.05) is 0 Å². The molecule has 5 nitrogen and oxygen atoms in total. The summed E-state index contributed by atoms with van der Waals surface area (Å²) in [5, 5.41) is 8.98. The number of hydrogen-bond acceptors (Lipinski definition) is 4. The van der Waals surface area contributed by atoms with Crippen molar-refractivity contribution in [2.24, 2.45) is 0 Å². The van der Waals surface area contributed by atoms with Crippen LogP contribution in [0.5, 0.6) is 5.75 Å². The number of carboxylic acid groups (broad SMARTS) is 1. The summed E-state index contributed by atoms with van der Waals surface area (Å²) in [6, 6.07) is 6.84. The van der Waals surface area contributed by atoms with Crippen LogP contribution < -0.4 is 4.74 Å². The molecule has 0 amide bonds. The molecule has 0 saturated carbocycles. The number of carbonyl (C=O) groups excluding carboxylic acids is 1. The molecule has 1 N–H and O–H groups in total. The zero-order valence-corrected chi connectivity index (χ0v) is 10.2. The maximum Gasteiger partial charge on any atom is 0.332 e. The predicted octanol–water partition coefficient (Wildman–Crippen LogP) is 1.73. The molecule has 0 aliphatic carbocycles. The summed E-state index contributed by atoms with van der Waals surface area (Å²) in [5.41, 5.74) is 0.657. The van der Waals surface area contributed by atoms with E-state index in [4.69, 9.17) is 9.84 Å². The number of rotatable bonds is 5. The fourth-order valence-electron chi connectivity index (χ4n) is 1.32. The summed E-state index contributed by atoms with van der Waals surface area (Å²) in [6.07, 6.45) is 1.16. The first-order valence-corrected chi connectivity index (χ1v) is 5.21. The van der Waals surface area contributed by atoms with Crippen LogP contribution in [-0.2, 0) is 14.3 Å². The van der Waals surface area contributed by atoms with Crippen LogP contribution in [0.1, 0.15) is 12.0 Å². The average molecular weight is 250 g/mol. The summed E-state index contributed by atoms with van der Waals surface area (Å²) in [5.74, 6) is -1.05. The van der Waals surface area contributed by atoms with E-state index in [1.165, 1.54) is 13.2 Å². The van der Waals surface area contributed by atoms with Gasteiger partial charge in [0.2, 0.25) is 0 Å². The van der Waals surface area contributed by atoms with Crippen LogP contribution in [0.2, 0.25) is 0 Å². The van der Waals surface area contributed by atoms with Gasteiger partial charge < -0.3 is 14.6 Å². The lowest BCUT2D eigenvalue weighted by atomic mass is 10.1. The normalized spacial score (nSPS) is 10.9. The highest BCUT2D eigenvalue weighted by molar-refractivity contribution is 5.97. The molecule has 0 spiro atoms. The molecule has 0 saturated heterocycles. The number of aliphatic carboxylic acids is 1. The smallest absolute Gasteiger partial charge is 0.332 e. The topological polar surface area (TPSA) is 72.8 Å². The second-order valence-corrected chi connectivity index (χ2v) is 3.50. The third kappa shape index (κ3) is 3.93. The van der Waals surface area contributed by atoms with Gasteiger partial charge in [0.15, 0.2) is 0 Å². The highest BCUT2D eigenvalue weighted by Gasteiger charge is 2.13. The lowest BCUT2D eigenvalue weighted by Crippen LogP contribution is -2.08. The molecule has 0 unspecified atom stereocenters. The number of carboxylic acids is 1. The van der Waals surface area contributed by atoms with Crippen molar-refractivity contribution < 1.29 is 24.2 Å². The van der Waals surface area contributed by atoms with Crippen LogP contribution in [0, 0.1) is 0 Å². The van der Waals surface area contributed by atoms with Gasteiger partial charge in [0.1, 0.15) is 5.75 Å². The molecule has 0 bridgehead atoms. The van der Waals surface area contributed by atoms with Crippen LogP contribution in [0.4, 0.5) is 0 Å². The Morgan fingerprint density at radius 2 is 1.83 bits per heavy atom. The van der Waals surface area contributed by atoms with Crippen LogP contribution in [-0.4, -0.2) is 31.3 Å². The monoisotopic (exact) mass is 250 g/mol. The molecule has 0 aliphatic rings. The highest BCUT2D eigenvalue weighted by atomic mass is 16.5. The van der Waals surface area contributed by atoms with Gasteiger partial charge in [-0.1, -0.05) is 12.1 Å². The first-order valence-electron chi connectivity index (χ1n) is 5.21. The second-order valence-electron chi connectivity index (χ2n) is 3.50. The molecular weight excluding hydrogens is 236 g/mol. The van der Waals surface area contributed by atoms with E-state index >= 15 is 0 Å². The van der Waals surface area contributed by atoms with Crippen LogP contribution >= 0.6 is 0 Å². The van der Waals surface area contributed by atoms with Gasteiger partial charge in [-0.25, -0.2) is 4.79 Å². The number of ether oxygens (including phenoxy) is 2. The van der Waals surface area contributed by atoms with Crippen molar-refractivity contribution in [3.8, 4) is 5.75 Å². The minimum atomic E-state index is -1.14. The summed E-state index contributed by atoms with van der Waals surface area (Å²) in [4.78, 5) is 22.0. The minimum Gasteiger partial charge on any atom is -0.497 e. The fourth-order valence-corrected chi connectivity index (χ4v) is 1.32. The van der Waals surface area contributed by atoms with E-state index in [1.54, 1.807) is 31.4 Å². The Balaban J connectivity index is 2.93. The molecule has 0 aliphatic heterocycles. The van der Waals surface area contributed by atoms with Gasteiger partial charge in [0, 0.05) is 5.57 Å². The molecule has 0 heterocycles. The zero-order valence-electron chi connectivity index (χ0n) is 10.2. The number of benzene rings is 1. The molecule has 1 aromatic carbocycles. The number of esters is 1. The molecule has 1 aromatic rings. The van der Waals surface area contributed by atoms with Gasteiger partial charge in [0.25, 0.3) is 0 Å². The lowest BCUT2D eigenvalue weighted by molar-refractivity contribution is -0.142. The Bertz CT molecular complexity index is 459. The molecular formula is C13H14O5. The van der Waals surface area contributed by atoms with E-state index < -0.39 is 11.9 Å². The molecule has 18 heavy (non-hydrogen) atoms. The van der Waals surface area contributed by atoms with Crippen LogP contribution in [0.15, 0.2) is 29.8 Å². The Hall–Kier alpha value is -2.30. The largest absolute Gasteiger partial charge is 0.497 e. The fraction of sp³-hybridized carbons (Fsp3) is 0.231. The quantitative estimate of drug-likeness (QED) is 0.636. The van der Waals surface area contributed by atoms with Gasteiger partial charge in [-0.2, -0.15) is 0 Å². The Morgan fingerprint density at radius 3 is 2.28 bits per heavy atom. The van der Waals surface area contributed by atoms with E-state index in [0.717, 1.165) is 0 Å². The van der Waals surface area contributed by atoms with Crippen molar-refractivity contribution in [2.45, 2.75) is 6.42 Å². The summed E-state index contributed by atoms with van der Waals surface area (Å²) in [6.45, 7) is 0. The standard InChI is InChI=1S/C13H14O5/c1-17-11-5-3-9(4-6-11)7-10(13(15)16)8-12(14)18-2/h3-7H,8H2,1-2H3,(H,15,16). The molecule has 96 valence electrons. The maximum absolute atomic E-state index is 11.1. The van der Waals surface area contributed by atoms with E-state index in [-0.39, 0.29) is 12.0 Å². The van der Waals surface area contributed by atoms with Crippen molar-refractivity contribution >= 4 is 18.0 Å². The Labute approximate surface area is 105 Å².